The predicted octanol–water partition coefficient (Wildman–Crippen LogP) is 8.62. The minimum atomic E-state index is -1.05. The minimum absolute atomic E-state index is 0.0482. The number of hydrogen-bond acceptors (Lipinski definition) is 13. The number of aromatic nitrogens is 3. The van der Waals surface area contributed by atoms with Gasteiger partial charge in [0.15, 0.2) is 0 Å². The fraction of sp³-hybridized carbons (Fsp3) is 0.316. The molecule has 6 N–H and O–H groups in total. The molecule has 3 aliphatic rings. The van der Waals surface area contributed by atoms with Gasteiger partial charge in [0, 0.05) is 69.2 Å². The molecule has 19 heteroatoms. The van der Waals surface area contributed by atoms with Crippen LogP contribution in [-0.2, 0) is 46.7 Å². The van der Waals surface area contributed by atoms with Crippen molar-refractivity contribution in [3.05, 3.63) is 172 Å². The highest BCUT2D eigenvalue weighted by Crippen LogP contribution is 2.36. The number of alkyl halides is 1. The molecular formula is C57H68BBrN10O7. The molecule has 0 atom stereocenters. The Morgan fingerprint density at radius 2 is 1.00 bits per heavy atom. The number of halogens is 1. The second-order valence-electron chi connectivity index (χ2n) is 19.4. The van der Waals surface area contributed by atoms with E-state index in [-0.39, 0.29) is 54.6 Å². The van der Waals surface area contributed by atoms with Crippen molar-refractivity contribution < 1.29 is 33.6 Å². The first-order valence-electron chi connectivity index (χ1n) is 24.7. The molecule has 76 heavy (non-hydrogen) atoms. The number of nitrogen functional groups attached to an aromatic ring is 2. The molecule has 1 saturated heterocycles. The number of anilines is 3. The van der Waals surface area contributed by atoms with E-state index in [0.717, 1.165) is 34.2 Å². The summed E-state index contributed by atoms with van der Waals surface area (Å²) in [6, 6.07) is 36.6. The van der Waals surface area contributed by atoms with Crippen molar-refractivity contribution in [2.75, 3.05) is 30.9 Å². The van der Waals surface area contributed by atoms with Gasteiger partial charge in [0.1, 0.15) is 28.9 Å². The van der Waals surface area contributed by atoms with Crippen LogP contribution in [-0.4, -0.2) is 97.6 Å². The van der Waals surface area contributed by atoms with Crippen LogP contribution in [0.1, 0.15) is 97.9 Å². The zero-order valence-corrected chi connectivity index (χ0v) is 46.3. The third-order valence-corrected chi connectivity index (χ3v) is 13.2. The normalized spacial score (nSPS) is 15.2. The highest BCUT2D eigenvalue weighted by molar-refractivity contribution is 9.08. The van der Waals surface area contributed by atoms with E-state index in [4.69, 9.17) is 25.9 Å². The lowest BCUT2D eigenvalue weighted by Crippen LogP contribution is -2.41. The van der Waals surface area contributed by atoms with Crippen LogP contribution in [0.15, 0.2) is 138 Å². The Hall–Kier alpha value is -7.61. The molecule has 398 valence electrons. The number of rotatable bonds is 9. The number of amides is 3. The van der Waals surface area contributed by atoms with Crippen molar-refractivity contribution in [1.82, 2.24) is 25.0 Å². The summed E-state index contributed by atoms with van der Waals surface area (Å²) in [7, 11) is 2.63. The number of benzene rings is 3. The molecule has 1 fully saturated rings. The van der Waals surface area contributed by atoms with Crippen LogP contribution in [0.2, 0.25) is 0 Å². The van der Waals surface area contributed by atoms with E-state index >= 15 is 0 Å². The summed E-state index contributed by atoms with van der Waals surface area (Å²) in [6.45, 7) is 14.4. The Balaban J connectivity index is 0.000000184. The van der Waals surface area contributed by atoms with E-state index < -0.39 is 5.97 Å². The molecule has 3 aromatic carbocycles. The van der Waals surface area contributed by atoms with Gasteiger partial charge in [-0.3, -0.25) is 14.4 Å². The number of carboxylic acids is 1. The lowest BCUT2D eigenvalue weighted by Gasteiger charge is -2.32. The molecule has 0 radical (unpaired) electrons. The van der Waals surface area contributed by atoms with Gasteiger partial charge in [-0.05, 0) is 107 Å². The van der Waals surface area contributed by atoms with E-state index in [1.807, 2.05) is 58.2 Å². The number of aliphatic carboxylic acids is 1. The van der Waals surface area contributed by atoms with Crippen molar-refractivity contribution in [1.29, 1.82) is 0 Å². The van der Waals surface area contributed by atoms with E-state index in [1.165, 1.54) is 51.0 Å². The number of hydrogen-bond donors (Lipinski definition) is 4. The van der Waals surface area contributed by atoms with Crippen molar-refractivity contribution in [2.24, 2.45) is 10.2 Å². The number of hydrazone groups is 2. The minimum Gasteiger partial charge on any atom is -0.477 e. The van der Waals surface area contributed by atoms with Gasteiger partial charge in [0.05, 0.1) is 11.2 Å². The zero-order valence-electron chi connectivity index (χ0n) is 44.7. The van der Waals surface area contributed by atoms with Gasteiger partial charge in [0.2, 0.25) is 11.8 Å². The van der Waals surface area contributed by atoms with Gasteiger partial charge in [-0.1, -0.05) is 124 Å². The highest BCUT2D eigenvalue weighted by Gasteiger charge is 2.51. The third-order valence-electron chi connectivity index (χ3n) is 12.5. The number of aryl methyl sites for hydroxylation is 3. The SMILES string of the molecule is CC1(C)OB(c2ccc(N)nc2)OC1(C)C.CN1N=C(C(=O)O)CCC1=O.Cc1ccc(CBr)cc1.Cc1ccc(Cc2ccc(N)nc2)cc1.Cc1ccc(Cc2ccc(NC(=O)C3=NN(C)C(=O)CC3)nc2)cc1. The zero-order chi connectivity index (χ0) is 55.6. The second kappa shape index (κ2) is 27.8. The van der Waals surface area contributed by atoms with Crippen LogP contribution < -0.4 is 22.2 Å². The first kappa shape index (κ1) is 59.3. The van der Waals surface area contributed by atoms with Crippen LogP contribution in [0.25, 0.3) is 0 Å². The average Bonchev–Trinajstić information content (AvgIpc) is 3.62. The fourth-order valence-electron chi connectivity index (χ4n) is 7.08. The van der Waals surface area contributed by atoms with Gasteiger partial charge in [-0.15, -0.1) is 0 Å². The van der Waals surface area contributed by atoms with Crippen molar-refractivity contribution in [2.45, 2.75) is 104 Å². The van der Waals surface area contributed by atoms with Gasteiger partial charge in [0.25, 0.3) is 5.91 Å². The number of nitrogens with zero attached hydrogens (tertiary/aromatic N) is 7. The molecule has 0 bridgehead atoms. The number of nitrogens with two attached hydrogens (primary N) is 2. The third kappa shape index (κ3) is 18.6. The summed E-state index contributed by atoms with van der Waals surface area (Å²) in [5.74, 6) is -0.0598. The number of carboxylic acid groups (broad SMARTS) is 1. The molecule has 3 amide bonds. The van der Waals surface area contributed by atoms with Gasteiger partial charge in [-0.25, -0.2) is 29.8 Å². The highest BCUT2D eigenvalue weighted by atomic mass is 79.9. The molecule has 0 spiro atoms. The Bertz CT molecular complexity index is 2880. The quantitative estimate of drug-likeness (QED) is 0.0786. The Morgan fingerprint density at radius 1 is 0.592 bits per heavy atom. The maximum absolute atomic E-state index is 12.2. The Labute approximate surface area is 454 Å². The predicted molar refractivity (Wildman–Crippen MR) is 304 cm³/mol. The molecule has 6 heterocycles. The molecule has 9 rings (SSSR count). The van der Waals surface area contributed by atoms with E-state index in [0.29, 0.717) is 36.0 Å². The summed E-state index contributed by atoms with van der Waals surface area (Å²) >= 11 is 3.38. The van der Waals surface area contributed by atoms with E-state index in [1.54, 1.807) is 31.6 Å². The Kier molecular flexibility index (Phi) is 21.7. The number of nitrogens with one attached hydrogen (secondary N) is 1. The maximum atomic E-state index is 12.2. The van der Waals surface area contributed by atoms with Crippen molar-refractivity contribution in [3.8, 4) is 0 Å². The maximum Gasteiger partial charge on any atom is 0.496 e. The molecule has 0 aliphatic carbocycles. The summed E-state index contributed by atoms with van der Waals surface area (Å²) in [6.07, 6.45) is 8.10. The summed E-state index contributed by atoms with van der Waals surface area (Å²) < 4.78 is 11.8. The van der Waals surface area contributed by atoms with Crippen LogP contribution >= 0.6 is 15.9 Å². The smallest absolute Gasteiger partial charge is 0.477 e. The summed E-state index contributed by atoms with van der Waals surface area (Å²) in [5.41, 5.74) is 21.7. The van der Waals surface area contributed by atoms with Crippen LogP contribution in [0.4, 0.5) is 17.5 Å². The van der Waals surface area contributed by atoms with Crippen LogP contribution in [0.3, 0.4) is 0 Å². The molecule has 17 nitrogen and oxygen atoms in total. The molecule has 0 saturated carbocycles. The largest absolute Gasteiger partial charge is 0.496 e. The van der Waals surface area contributed by atoms with Crippen molar-refractivity contribution >= 4 is 81.1 Å². The second-order valence-corrected chi connectivity index (χ2v) is 19.9. The van der Waals surface area contributed by atoms with Gasteiger partial charge >= 0.3 is 13.1 Å². The number of pyridine rings is 3. The van der Waals surface area contributed by atoms with E-state index in [2.05, 4.69) is 140 Å². The van der Waals surface area contributed by atoms with E-state index in [9.17, 15) is 19.2 Å². The molecule has 3 aliphatic heterocycles. The standard InChI is InChI=1S/C19H20N4O2.C13H14N2.C11H17BN2O2.C8H9Br.C6H8N2O3/c1-13-3-5-14(6-4-13)11-15-7-9-17(20-12-15)21-19(25)16-8-10-18(24)23(2)22-16;1-10-2-4-11(5-3-10)8-12-6-7-13(14)15-9-12;1-10(2)11(3,4)16-12(15-10)8-5-6-9(13)14-7-8;1-7-2-4-8(6-9)5-3-7;1-8-5(9)3-2-4(7-8)6(10)11/h3-7,9,12H,8,10-11H2,1-2H3,(H,20,21,25);2-7,9H,8H2,1H3,(H2,14,15);5-7H,1-4H3,(H2,13,14);2-5H,6H2,1H3;2-3H2,1H3,(H,10,11). The molecular weight excluding hydrogens is 1030 g/mol. The number of carbonyl (C=O) groups is 4. The summed E-state index contributed by atoms with van der Waals surface area (Å²) in [5, 5.41) is 22.0. The van der Waals surface area contributed by atoms with Crippen LogP contribution in [0, 0.1) is 20.8 Å². The molecule has 3 aromatic heterocycles. The first-order valence-corrected chi connectivity index (χ1v) is 25.8. The van der Waals surface area contributed by atoms with Gasteiger partial charge < -0.3 is 31.2 Å². The van der Waals surface area contributed by atoms with Crippen LogP contribution in [0.5, 0.6) is 0 Å². The number of carbonyl (C=O) groups excluding carboxylic acids is 3. The Morgan fingerprint density at radius 3 is 1.39 bits per heavy atom. The topological polar surface area (TPSA) is 241 Å². The van der Waals surface area contributed by atoms with Crippen molar-refractivity contribution in [3.63, 3.8) is 0 Å². The molecule has 0 unspecified atom stereocenters. The first-order chi connectivity index (χ1) is 36.0. The monoisotopic (exact) mass is 1090 g/mol. The summed E-state index contributed by atoms with van der Waals surface area (Å²) in [4.78, 5) is 57.1. The fourth-order valence-corrected chi connectivity index (χ4v) is 7.46. The average molecular weight is 1100 g/mol. The van der Waals surface area contributed by atoms with Gasteiger partial charge in [-0.2, -0.15) is 10.2 Å². The lowest BCUT2D eigenvalue weighted by atomic mass is 9.80. The lowest BCUT2D eigenvalue weighted by molar-refractivity contribution is -0.132. The molecule has 6 aromatic rings.